The summed E-state index contributed by atoms with van der Waals surface area (Å²) in [4.78, 5) is 2.17. The van der Waals surface area contributed by atoms with E-state index in [1.54, 1.807) is 12.1 Å². The van der Waals surface area contributed by atoms with Crippen LogP contribution in [0.3, 0.4) is 0 Å². The van der Waals surface area contributed by atoms with Gasteiger partial charge in [0.05, 0.1) is 0 Å². The van der Waals surface area contributed by atoms with E-state index in [0.717, 1.165) is 32.6 Å². The van der Waals surface area contributed by atoms with Gasteiger partial charge in [-0.15, -0.1) is 0 Å². The van der Waals surface area contributed by atoms with Gasteiger partial charge in [-0.25, -0.2) is 4.39 Å². The minimum Gasteiger partial charge on any atom is -0.399 e. The Kier molecular flexibility index (Phi) is 4.55. The van der Waals surface area contributed by atoms with Crippen molar-refractivity contribution < 1.29 is 9.13 Å². The molecule has 1 fully saturated rings. The summed E-state index contributed by atoms with van der Waals surface area (Å²) >= 11 is 0. The molecule has 0 spiro atoms. The summed E-state index contributed by atoms with van der Waals surface area (Å²) in [5, 5.41) is 0. The molecule has 2 N–H and O–H groups in total. The van der Waals surface area contributed by atoms with Crippen LogP contribution < -0.4 is 5.73 Å². The summed E-state index contributed by atoms with van der Waals surface area (Å²) in [5.41, 5.74) is 6.72. The molecule has 1 aliphatic rings. The largest absolute Gasteiger partial charge is 0.399 e. The van der Waals surface area contributed by atoms with E-state index in [-0.39, 0.29) is 5.82 Å². The van der Waals surface area contributed by atoms with Gasteiger partial charge in [-0.05, 0) is 37.9 Å². The number of nitrogen functional groups attached to an aromatic ring is 1. The lowest BCUT2D eigenvalue weighted by molar-refractivity contribution is 0.0548. The Morgan fingerprint density at radius 1 is 1.39 bits per heavy atom. The molecule has 1 saturated heterocycles. The summed E-state index contributed by atoms with van der Waals surface area (Å²) < 4.78 is 19.0. The van der Waals surface area contributed by atoms with Gasteiger partial charge in [0.25, 0.3) is 0 Å². The summed E-state index contributed by atoms with van der Waals surface area (Å²) in [5.74, 6) is 0.453. The van der Waals surface area contributed by atoms with Crippen molar-refractivity contribution in [2.45, 2.75) is 19.4 Å². The second-order valence-electron chi connectivity index (χ2n) is 5.10. The van der Waals surface area contributed by atoms with Gasteiger partial charge in [0.15, 0.2) is 0 Å². The first-order valence-corrected chi connectivity index (χ1v) is 6.45. The zero-order chi connectivity index (χ0) is 13.0. The summed E-state index contributed by atoms with van der Waals surface area (Å²) in [6.45, 7) is 3.33. The molecular formula is C14H21FN2O. The maximum atomic E-state index is 13.7. The second-order valence-corrected chi connectivity index (χ2v) is 5.10. The molecule has 1 aromatic carbocycles. The third-order valence-corrected chi connectivity index (χ3v) is 3.43. The van der Waals surface area contributed by atoms with Crippen LogP contribution in [0.15, 0.2) is 18.2 Å². The van der Waals surface area contributed by atoms with E-state index in [1.807, 2.05) is 7.05 Å². The zero-order valence-electron chi connectivity index (χ0n) is 10.9. The fourth-order valence-corrected chi connectivity index (χ4v) is 2.42. The lowest BCUT2D eigenvalue weighted by atomic mass is 9.99. The summed E-state index contributed by atoms with van der Waals surface area (Å²) in [7, 11) is 2.03. The SMILES string of the molecule is CN(Cc1ccc(N)cc1F)CC1CCOCC1. The minimum atomic E-state index is -0.214. The Labute approximate surface area is 108 Å². The van der Waals surface area contributed by atoms with Crippen molar-refractivity contribution in [2.75, 3.05) is 32.5 Å². The molecule has 0 bridgehead atoms. The van der Waals surface area contributed by atoms with Crippen LogP contribution in [0.1, 0.15) is 18.4 Å². The third kappa shape index (κ3) is 3.68. The second kappa shape index (κ2) is 6.16. The van der Waals surface area contributed by atoms with Gasteiger partial charge < -0.3 is 15.4 Å². The highest BCUT2D eigenvalue weighted by molar-refractivity contribution is 5.40. The molecule has 0 aromatic heterocycles. The number of nitrogens with two attached hydrogens (primary N) is 1. The average Bonchev–Trinajstić information content (AvgIpc) is 2.34. The van der Waals surface area contributed by atoms with Crippen LogP contribution in [0.25, 0.3) is 0 Å². The van der Waals surface area contributed by atoms with Gasteiger partial charge >= 0.3 is 0 Å². The normalized spacial score (nSPS) is 17.3. The monoisotopic (exact) mass is 252 g/mol. The molecule has 100 valence electrons. The fourth-order valence-electron chi connectivity index (χ4n) is 2.42. The van der Waals surface area contributed by atoms with Crippen molar-refractivity contribution in [3.63, 3.8) is 0 Å². The first kappa shape index (κ1) is 13.3. The van der Waals surface area contributed by atoms with Crippen molar-refractivity contribution >= 4 is 5.69 Å². The van der Waals surface area contributed by atoms with Crippen molar-refractivity contribution in [3.05, 3.63) is 29.6 Å². The van der Waals surface area contributed by atoms with Gasteiger partial charge in [0, 0.05) is 37.6 Å². The van der Waals surface area contributed by atoms with Crippen molar-refractivity contribution in [2.24, 2.45) is 5.92 Å². The standard InChI is InChI=1S/C14H21FN2O/c1-17(9-11-4-6-18-7-5-11)10-12-2-3-13(16)8-14(12)15/h2-3,8,11H,4-7,9-10,16H2,1H3. The number of ether oxygens (including phenoxy) is 1. The Hall–Kier alpha value is -1.13. The van der Waals surface area contributed by atoms with Crippen molar-refractivity contribution in [1.82, 2.24) is 4.90 Å². The molecule has 4 heteroatoms. The van der Waals surface area contributed by atoms with Crippen LogP contribution >= 0.6 is 0 Å². The number of nitrogens with zero attached hydrogens (tertiary/aromatic N) is 1. The van der Waals surface area contributed by atoms with Crippen LogP contribution in [0.5, 0.6) is 0 Å². The summed E-state index contributed by atoms with van der Waals surface area (Å²) in [6.07, 6.45) is 2.21. The lowest BCUT2D eigenvalue weighted by Crippen LogP contribution is -2.29. The first-order valence-electron chi connectivity index (χ1n) is 6.45. The lowest BCUT2D eigenvalue weighted by Gasteiger charge is -2.27. The number of halogens is 1. The van der Waals surface area contributed by atoms with Crippen molar-refractivity contribution in [1.29, 1.82) is 0 Å². The van der Waals surface area contributed by atoms with E-state index in [1.165, 1.54) is 6.07 Å². The van der Waals surface area contributed by atoms with Crippen LogP contribution in [0, 0.1) is 11.7 Å². The summed E-state index contributed by atoms with van der Waals surface area (Å²) in [6, 6.07) is 4.91. The molecule has 1 heterocycles. The van der Waals surface area contributed by atoms with Crippen LogP contribution in [0.2, 0.25) is 0 Å². The number of rotatable bonds is 4. The topological polar surface area (TPSA) is 38.5 Å². The van der Waals surface area contributed by atoms with Gasteiger partial charge in [-0.1, -0.05) is 6.07 Å². The molecule has 0 amide bonds. The average molecular weight is 252 g/mol. The van der Waals surface area contributed by atoms with E-state index < -0.39 is 0 Å². The molecule has 0 saturated carbocycles. The van der Waals surface area contributed by atoms with Crippen LogP contribution in [0.4, 0.5) is 10.1 Å². The van der Waals surface area contributed by atoms with E-state index >= 15 is 0 Å². The molecule has 1 aliphatic heterocycles. The Morgan fingerprint density at radius 3 is 2.78 bits per heavy atom. The maximum absolute atomic E-state index is 13.7. The van der Waals surface area contributed by atoms with Gasteiger partial charge in [-0.3, -0.25) is 0 Å². The molecule has 3 nitrogen and oxygen atoms in total. The van der Waals surface area contributed by atoms with Crippen LogP contribution in [-0.2, 0) is 11.3 Å². The highest BCUT2D eigenvalue weighted by Gasteiger charge is 2.16. The van der Waals surface area contributed by atoms with E-state index in [9.17, 15) is 4.39 Å². The number of hydrogen-bond donors (Lipinski definition) is 1. The van der Waals surface area contributed by atoms with Gasteiger partial charge in [-0.2, -0.15) is 0 Å². The smallest absolute Gasteiger partial charge is 0.129 e. The highest BCUT2D eigenvalue weighted by atomic mass is 19.1. The van der Waals surface area contributed by atoms with Gasteiger partial charge in [0.2, 0.25) is 0 Å². The molecule has 0 radical (unpaired) electrons. The minimum absolute atomic E-state index is 0.214. The van der Waals surface area contributed by atoms with E-state index in [4.69, 9.17) is 10.5 Å². The highest BCUT2D eigenvalue weighted by Crippen LogP contribution is 2.18. The van der Waals surface area contributed by atoms with Gasteiger partial charge in [0.1, 0.15) is 5.82 Å². The number of anilines is 1. The Morgan fingerprint density at radius 2 is 2.11 bits per heavy atom. The van der Waals surface area contributed by atoms with E-state index in [0.29, 0.717) is 23.7 Å². The molecule has 0 atom stereocenters. The molecule has 0 aliphatic carbocycles. The first-order chi connectivity index (χ1) is 8.65. The molecule has 0 unspecified atom stereocenters. The Bertz CT molecular complexity index is 391. The maximum Gasteiger partial charge on any atom is 0.129 e. The zero-order valence-corrected chi connectivity index (χ0v) is 10.9. The molecular weight excluding hydrogens is 231 g/mol. The predicted octanol–water partition coefficient (Wildman–Crippen LogP) is 2.27. The molecule has 18 heavy (non-hydrogen) atoms. The predicted molar refractivity (Wildman–Crippen MR) is 70.7 cm³/mol. The quantitative estimate of drug-likeness (QED) is 0.835. The van der Waals surface area contributed by atoms with E-state index in [2.05, 4.69) is 4.90 Å². The number of hydrogen-bond acceptors (Lipinski definition) is 3. The molecule has 2 rings (SSSR count). The third-order valence-electron chi connectivity index (χ3n) is 3.43. The van der Waals surface area contributed by atoms with Crippen molar-refractivity contribution in [3.8, 4) is 0 Å². The van der Waals surface area contributed by atoms with Crippen LogP contribution in [-0.4, -0.2) is 31.7 Å². The molecule has 1 aromatic rings. The fraction of sp³-hybridized carbons (Fsp3) is 0.571. The number of benzene rings is 1. The Balaban J connectivity index is 1.87.